The summed E-state index contributed by atoms with van der Waals surface area (Å²) < 4.78 is 24.4. The number of fused-ring (bicyclic) bond motifs is 2. The lowest BCUT2D eigenvalue weighted by atomic mass is 9.94. The SMILES string of the molecule is CC1CCc2cc3c(c(NC(=O)c4ccoc4S(=N)(N)=O)c21)CCC3. The van der Waals surface area contributed by atoms with E-state index < -0.39 is 15.8 Å². The topological polar surface area (TPSA) is 109 Å². The molecule has 4 rings (SSSR count). The molecule has 0 fully saturated rings. The van der Waals surface area contributed by atoms with Gasteiger partial charge in [-0.25, -0.2) is 14.1 Å². The number of anilines is 1. The summed E-state index contributed by atoms with van der Waals surface area (Å²) in [5.74, 6) is -0.0225. The molecule has 2 aromatic rings. The number of carbonyl (C=O) groups excluding carboxylic acids is 1. The minimum atomic E-state index is -3.59. The molecule has 0 radical (unpaired) electrons. The first-order valence-corrected chi connectivity index (χ1v) is 10.1. The Labute approximate surface area is 146 Å². The summed E-state index contributed by atoms with van der Waals surface area (Å²) in [7, 11) is -3.59. The summed E-state index contributed by atoms with van der Waals surface area (Å²) >= 11 is 0. The predicted molar refractivity (Wildman–Crippen MR) is 95.2 cm³/mol. The minimum Gasteiger partial charge on any atom is -0.452 e. The van der Waals surface area contributed by atoms with Gasteiger partial charge in [0.1, 0.15) is 0 Å². The second kappa shape index (κ2) is 5.71. The third kappa shape index (κ3) is 2.67. The van der Waals surface area contributed by atoms with Crippen molar-refractivity contribution in [2.24, 2.45) is 5.14 Å². The van der Waals surface area contributed by atoms with Gasteiger partial charge in [-0.2, -0.15) is 0 Å². The Kier molecular flexibility index (Phi) is 3.73. The number of carbonyl (C=O) groups is 1. The number of furan rings is 1. The lowest BCUT2D eigenvalue weighted by Crippen LogP contribution is -2.19. The molecule has 2 aliphatic rings. The van der Waals surface area contributed by atoms with Gasteiger partial charge in [0.05, 0.1) is 11.8 Å². The number of hydrogen-bond acceptors (Lipinski definition) is 4. The zero-order valence-corrected chi connectivity index (χ0v) is 14.9. The Morgan fingerprint density at radius 1 is 1.36 bits per heavy atom. The van der Waals surface area contributed by atoms with Crippen LogP contribution in [0.1, 0.15) is 58.3 Å². The molecule has 132 valence electrons. The Morgan fingerprint density at radius 3 is 2.92 bits per heavy atom. The van der Waals surface area contributed by atoms with Gasteiger partial charge in [-0.1, -0.05) is 13.0 Å². The van der Waals surface area contributed by atoms with Crippen molar-refractivity contribution in [2.75, 3.05) is 5.32 Å². The molecule has 2 aliphatic carbocycles. The van der Waals surface area contributed by atoms with Crippen LogP contribution in [0.15, 0.2) is 27.9 Å². The molecule has 7 heteroatoms. The van der Waals surface area contributed by atoms with Crippen LogP contribution in [0.25, 0.3) is 0 Å². The van der Waals surface area contributed by atoms with Gasteiger partial charge in [0.15, 0.2) is 9.92 Å². The van der Waals surface area contributed by atoms with E-state index in [9.17, 15) is 9.00 Å². The van der Waals surface area contributed by atoms with E-state index in [-0.39, 0.29) is 10.7 Å². The van der Waals surface area contributed by atoms with Crippen LogP contribution in [0, 0.1) is 4.78 Å². The van der Waals surface area contributed by atoms with Crippen LogP contribution in [0.2, 0.25) is 0 Å². The lowest BCUT2D eigenvalue weighted by molar-refractivity contribution is 0.102. The number of hydrogen-bond donors (Lipinski definition) is 3. The van der Waals surface area contributed by atoms with E-state index in [1.54, 1.807) is 0 Å². The van der Waals surface area contributed by atoms with E-state index in [2.05, 4.69) is 18.3 Å². The molecule has 1 aromatic carbocycles. The van der Waals surface area contributed by atoms with Crippen LogP contribution in [-0.2, 0) is 29.2 Å². The summed E-state index contributed by atoms with van der Waals surface area (Å²) in [6.07, 6.45) is 6.45. The van der Waals surface area contributed by atoms with Gasteiger partial charge in [0.25, 0.3) is 5.91 Å². The van der Waals surface area contributed by atoms with Crippen LogP contribution in [0.5, 0.6) is 0 Å². The van der Waals surface area contributed by atoms with Crippen LogP contribution in [0.4, 0.5) is 5.69 Å². The molecule has 1 heterocycles. The third-order valence-corrected chi connectivity index (χ3v) is 6.12. The molecule has 25 heavy (non-hydrogen) atoms. The molecule has 0 aliphatic heterocycles. The van der Waals surface area contributed by atoms with Gasteiger partial charge >= 0.3 is 0 Å². The fourth-order valence-electron chi connectivity index (χ4n) is 4.13. The second-order valence-electron chi connectivity index (χ2n) is 6.93. The molecule has 0 spiro atoms. The van der Waals surface area contributed by atoms with E-state index in [4.69, 9.17) is 14.3 Å². The van der Waals surface area contributed by atoms with Crippen molar-refractivity contribution in [1.82, 2.24) is 0 Å². The van der Waals surface area contributed by atoms with Crippen LogP contribution < -0.4 is 10.5 Å². The molecule has 0 saturated heterocycles. The predicted octanol–water partition coefficient (Wildman–Crippen LogP) is 3.35. The van der Waals surface area contributed by atoms with Crippen LogP contribution >= 0.6 is 0 Å². The highest BCUT2D eigenvalue weighted by Gasteiger charge is 2.30. The van der Waals surface area contributed by atoms with Gasteiger partial charge in [0, 0.05) is 5.69 Å². The second-order valence-corrected chi connectivity index (χ2v) is 8.50. The first-order valence-electron chi connectivity index (χ1n) is 8.49. The highest BCUT2D eigenvalue weighted by molar-refractivity contribution is 7.90. The van der Waals surface area contributed by atoms with Gasteiger partial charge in [-0.05, 0) is 66.3 Å². The van der Waals surface area contributed by atoms with E-state index in [1.807, 2.05) is 0 Å². The molecule has 1 amide bonds. The zero-order chi connectivity index (χ0) is 17.8. The standard InChI is InChI=1S/C18H21N3O3S/c1-10-5-6-12-9-11-3-2-4-13(11)16(15(10)12)21-17(22)14-7-8-24-18(14)25(19,20)23/h7-10H,2-6H2,1H3,(H,21,22)(H3,19,20,23). The van der Waals surface area contributed by atoms with Crippen molar-refractivity contribution in [3.8, 4) is 0 Å². The number of nitrogens with two attached hydrogens (primary N) is 1. The van der Waals surface area contributed by atoms with Crippen LogP contribution in [-0.4, -0.2) is 10.1 Å². The summed E-state index contributed by atoms with van der Waals surface area (Å²) in [5.41, 5.74) is 6.04. The Bertz CT molecular complexity index is 976. The molecule has 2 unspecified atom stereocenters. The molecule has 2 atom stereocenters. The summed E-state index contributed by atoms with van der Waals surface area (Å²) in [6.45, 7) is 2.18. The molecular weight excluding hydrogens is 338 g/mol. The number of nitrogens with one attached hydrogen (secondary N) is 2. The van der Waals surface area contributed by atoms with E-state index in [1.165, 1.54) is 34.6 Å². The van der Waals surface area contributed by atoms with Crippen LogP contribution in [0.3, 0.4) is 0 Å². The molecule has 0 bridgehead atoms. The first-order chi connectivity index (χ1) is 11.9. The largest absolute Gasteiger partial charge is 0.452 e. The maximum atomic E-state index is 12.8. The number of rotatable bonds is 3. The van der Waals surface area contributed by atoms with Crippen molar-refractivity contribution in [3.05, 3.63) is 46.2 Å². The summed E-state index contributed by atoms with van der Waals surface area (Å²) in [4.78, 5) is 12.8. The minimum absolute atomic E-state index is 0.0671. The van der Waals surface area contributed by atoms with E-state index in [0.29, 0.717) is 5.92 Å². The average Bonchev–Trinajstić information content (AvgIpc) is 3.25. The monoisotopic (exact) mass is 359 g/mol. The molecule has 1 aromatic heterocycles. The molecule has 4 N–H and O–H groups in total. The maximum Gasteiger partial charge on any atom is 0.260 e. The Hall–Kier alpha value is -2.12. The van der Waals surface area contributed by atoms with Crippen molar-refractivity contribution >= 4 is 21.5 Å². The quantitative estimate of drug-likeness (QED) is 0.781. The van der Waals surface area contributed by atoms with Crippen molar-refractivity contribution in [3.63, 3.8) is 0 Å². The van der Waals surface area contributed by atoms with E-state index in [0.717, 1.165) is 37.8 Å². The Balaban J connectivity index is 1.78. The number of aryl methyl sites for hydroxylation is 2. The van der Waals surface area contributed by atoms with Crippen molar-refractivity contribution < 1.29 is 13.4 Å². The number of benzene rings is 1. The molecule has 6 nitrogen and oxygen atoms in total. The molecule has 0 saturated carbocycles. The van der Waals surface area contributed by atoms with Crippen molar-refractivity contribution in [2.45, 2.75) is 50.0 Å². The smallest absolute Gasteiger partial charge is 0.260 e. The summed E-state index contributed by atoms with van der Waals surface area (Å²) in [6, 6.07) is 3.72. The molecular formula is C18H21N3O3S. The van der Waals surface area contributed by atoms with Gasteiger partial charge in [0.2, 0.25) is 5.09 Å². The van der Waals surface area contributed by atoms with Crippen molar-refractivity contribution in [1.29, 1.82) is 4.78 Å². The normalized spacial score (nSPS) is 20.8. The highest BCUT2D eigenvalue weighted by atomic mass is 32.2. The van der Waals surface area contributed by atoms with Gasteiger partial charge < -0.3 is 9.73 Å². The first kappa shape index (κ1) is 16.4. The average molecular weight is 359 g/mol. The summed E-state index contributed by atoms with van der Waals surface area (Å²) in [5, 5.41) is 8.11. The number of amides is 1. The van der Waals surface area contributed by atoms with Gasteiger partial charge in [-0.15, -0.1) is 0 Å². The highest BCUT2D eigenvalue weighted by Crippen LogP contribution is 2.44. The zero-order valence-electron chi connectivity index (χ0n) is 14.1. The Morgan fingerprint density at radius 2 is 2.16 bits per heavy atom. The maximum absolute atomic E-state index is 12.8. The lowest BCUT2D eigenvalue weighted by Gasteiger charge is -2.18. The fourth-order valence-corrected chi connectivity index (χ4v) is 4.82. The fraction of sp³-hybridized carbons (Fsp3) is 0.389. The van der Waals surface area contributed by atoms with Gasteiger partial charge in [-0.3, -0.25) is 4.79 Å². The van der Waals surface area contributed by atoms with E-state index >= 15 is 0 Å². The third-order valence-electron chi connectivity index (χ3n) is 5.25.